The van der Waals surface area contributed by atoms with Crippen molar-refractivity contribution in [3.8, 4) is 18.1 Å². The van der Waals surface area contributed by atoms with Crippen molar-refractivity contribution in [1.29, 1.82) is 0 Å². The second-order valence-corrected chi connectivity index (χ2v) is 4.76. The molecule has 0 saturated heterocycles. The highest BCUT2D eigenvalue weighted by atomic mass is 19.1. The van der Waals surface area contributed by atoms with Crippen LogP contribution in [0.15, 0.2) is 48.5 Å². The Morgan fingerprint density at radius 3 is 2.81 bits per heavy atom. The average molecular weight is 283 g/mol. The molecule has 0 radical (unpaired) electrons. The molecule has 0 aliphatic carbocycles. The first kappa shape index (κ1) is 15.1. The van der Waals surface area contributed by atoms with Crippen molar-refractivity contribution < 1.29 is 9.13 Å². The van der Waals surface area contributed by atoms with E-state index < -0.39 is 0 Å². The molecule has 21 heavy (non-hydrogen) atoms. The number of rotatable bonds is 6. The van der Waals surface area contributed by atoms with Gasteiger partial charge in [-0.3, -0.25) is 0 Å². The molecule has 0 aromatic heterocycles. The third kappa shape index (κ3) is 4.34. The van der Waals surface area contributed by atoms with E-state index >= 15 is 0 Å². The number of halogens is 1. The Morgan fingerprint density at radius 2 is 2.05 bits per heavy atom. The molecule has 0 amide bonds. The summed E-state index contributed by atoms with van der Waals surface area (Å²) < 4.78 is 18.7. The maximum Gasteiger partial charge on any atom is 0.148 e. The predicted octanol–water partition coefficient (Wildman–Crippen LogP) is 3.69. The first-order chi connectivity index (χ1) is 10.2. The fourth-order valence-electron chi connectivity index (χ4n) is 2.07. The van der Waals surface area contributed by atoms with Gasteiger partial charge in [-0.2, -0.15) is 0 Å². The van der Waals surface area contributed by atoms with Crippen molar-refractivity contribution in [2.24, 2.45) is 0 Å². The molecule has 1 N–H and O–H groups in total. The van der Waals surface area contributed by atoms with Crippen LogP contribution in [0.25, 0.3) is 0 Å². The summed E-state index contributed by atoms with van der Waals surface area (Å²) in [6.07, 6.45) is 5.21. The second-order valence-electron chi connectivity index (χ2n) is 4.76. The predicted molar refractivity (Wildman–Crippen MR) is 82.4 cm³/mol. The zero-order valence-electron chi connectivity index (χ0n) is 12.0. The fourth-order valence-corrected chi connectivity index (χ4v) is 2.07. The van der Waals surface area contributed by atoms with Crippen molar-refractivity contribution in [3.63, 3.8) is 0 Å². The van der Waals surface area contributed by atoms with Crippen LogP contribution in [0.2, 0.25) is 0 Å². The first-order valence-corrected chi connectivity index (χ1v) is 6.83. The molecule has 2 aromatic carbocycles. The van der Waals surface area contributed by atoms with Gasteiger partial charge in [0, 0.05) is 18.2 Å². The minimum atomic E-state index is -0.223. The van der Waals surface area contributed by atoms with Crippen molar-refractivity contribution in [2.45, 2.75) is 19.5 Å². The van der Waals surface area contributed by atoms with Crippen LogP contribution in [0.4, 0.5) is 4.39 Å². The maximum absolute atomic E-state index is 13.2. The number of terminal acetylenes is 1. The van der Waals surface area contributed by atoms with Gasteiger partial charge in [-0.25, -0.2) is 4.39 Å². The van der Waals surface area contributed by atoms with Crippen molar-refractivity contribution in [3.05, 3.63) is 65.5 Å². The highest BCUT2D eigenvalue weighted by Crippen LogP contribution is 2.20. The van der Waals surface area contributed by atoms with Gasteiger partial charge in [-0.1, -0.05) is 36.3 Å². The Kier molecular flexibility index (Phi) is 5.36. The van der Waals surface area contributed by atoms with Gasteiger partial charge in [0.25, 0.3) is 0 Å². The zero-order valence-corrected chi connectivity index (χ0v) is 12.0. The molecule has 3 heteroatoms. The molecule has 2 aromatic rings. The van der Waals surface area contributed by atoms with E-state index in [1.807, 2.05) is 37.3 Å². The van der Waals surface area contributed by atoms with Gasteiger partial charge in [0.15, 0.2) is 0 Å². The third-order valence-corrected chi connectivity index (χ3v) is 3.23. The molecule has 0 aliphatic rings. The summed E-state index contributed by atoms with van der Waals surface area (Å²) in [4.78, 5) is 0. The number of hydrogen-bond donors (Lipinski definition) is 1. The highest BCUT2D eigenvalue weighted by Gasteiger charge is 2.08. The van der Waals surface area contributed by atoms with E-state index in [0.717, 1.165) is 16.9 Å². The summed E-state index contributed by atoms with van der Waals surface area (Å²) in [6.45, 7) is 2.87. The number of hydrogen-bond acceptors (Lipinski definition) is 2. The SMILES string of the molecule is C#CCOc1ccccc1CN[C@H](C)c1cccc(F)c1. The van der Waals surface area contributed by atoms with Crippen LogP contribution in [0.5, 0.6) is 5.75 Å². The third-order valence-electron chi connectivity index (χ3n) is 3.23. The number of benzene rings is 2. The minimum absolute atomic E-state index is 0.0430. The van der Waals surface area contributed by atoms with E-state index in [9.17, 15) is 4.39 Å². The zero-order chi connectivity index (χ0) is 15.1. The van der Waals surface area contributed by atoms with Gasteiger partial charge >= 0.3 is 0 Å². The molecule has 2 nitrogen and oxygen atoms in total. The topological polar surface area (TPSA) is 21.3 Å². The molecule has 0 spiro atoms. The van der Waals surface area contributed by atoms with E-state index in [-0.39, 0.29) is 18.5 Å². The Bertz CT molecular complexity index is 633. The number of nitrogens with one attached hydrogen (secondary N) is 1. The van der Waals surface area contributed by atoms with Gasteiger partial charge in [0.05, 0.1) is 0 Å². The smallest absolute Gasteiger partial charge is 0.148 e. The standard InChI is InChI=1S/C18H18FNO/c1-3-11-21-18-10-5-4-7-16(18)13-20-14(2)15-8-6-9-17(19)12-15/h1,4-10,12,14,20H,11,13H2,2H3/t14-/m1/s1. The van der Waals surface area contributed by atoms with E-state index in [0.29, 0.717) is 6.54 Å². The van der Waals surface area contributed by atoms with Crippen LogP contribution < -0.4 is 10.1 Å². The normalized spacial score (nSPS) is 11.7. The van der Waals surface area contributed by atoms with Gasteiger partial charge in [0.2, 0.25) is 0 Å². The summed E-state index contributed by atoms with van der Waals surface area (Å²) in [5, 5.41) is 3.36. The molecule has 0 heterocycles. The molecule has 0 bridgehead atoms. The number of para-hydroxylation sites is 1. The van der Waals surface area contributed by atoms with Gasteiger partial charge in [-0.05, 0) is 30.7 Å². The fraction of sp³-hybridized carbons (Fsp3) is 0.222. The first-order valence-electron chi connectivity index (χ1n) is 6.83. The molecule has 0 saturated carbocycles. The van der Waals surface area contributed by atoms with Gasteiger partial charge < -0.3 is 10.1 Å². The lowest BCUT2D eigenvalue weighted by Gasteiger charge is -2.16. The Hall–Kier alpha value is -2.31. The van der Waals surface area contributed by atoms with Gasteiger partial charge in [0.1, 0.15) is 18.2 Å². The summed E-state index contributed by atoms with van der Waals surface area (Å²) in [7, 11) is 0. The summed E-state index contributed by atoms with van der Waals surface area (Å²) in [6, 6.07) is 14.4. The van der Waals surface area contributed by atoms with Crippen LogP contribution >= 0.6 is 0 Å². The Morgan fingerprint density at radius 1 is 1.24 bits per heavy atom. The monoisotopic (exact) mass is 283 g/mol. The van der Waals surface area contributed by atoms with E-state index in [1.165, 1.54) is 6.07 Å². The molecule has 0 fully saturated rings. The maximum atomic E-state index is 13.2. The Labute approximate surface area is 125 Å². The quantitative estimate of drug-likeness (QED) is 0.816. The lowest BCUT2D eigenvalue weighted by atomic mass is 10.1. The van der Waals surface area contributed by atoms with Gasteiger partial charge in [-0.15, -0.1) is 6.42 Å². The lowest BCUT2D eigenvalue weighted by Crippen LogP contribution is -2.18. The van der Waals surface area contributed by atoms with Crippen molar-refractivity contribution in [1.82, 2.24) is 5.32 Å². The van der Waals surface area contributed by atoms with Crippen LogP contribution in [-0.4, -0.2) is 6.61 Å². The molecule has 0 unspecified atom stereocenters. The van der Waals surface area contributed by atoms with E-state index in [1.54, 1.807) is 12.1 Å². The highest BCUT2D eigenvalue weighted by molar-refractivity contribution is 5.33. The van der Waals surface area contributed by atoms with Crippen molar-refractivity contribution >= 4 is 0 Å². The summed E-state index contributed by atoms with van der Waals surface area (Å²) in [5.41, 5.74) is 1.94. The number of ether oxygens (including phenoxy) is 1. The summed E-state index contributed by atoms with van der Waals surface area (Å²) in [5.74, 6) is 3.01. The molecule has 108 valence electrons. The van der Waals surface area contributed by atoms with Crippen LogP contribution in [0.1, 0.15) is 24.1 Å². The van der Waals surface area contributed by atoms with Crippen molar-refractivity contribution in [2.75, 3.05) is 6.61 Å². The van der Waals surface area contributed by atoms with E-state index in [4.69, 9.17) is 11.2 Å². The van der Waals surface area contributed by atoms with Crippen LogP contribution in [0.3, 0.4) is 0 Å². The van der Waals surface area contributed by atoms with Crippen LogP contribution in [-0.2, 0) is 6.54 Å². The average Bonchev–Trinajstić information content (AvgIpc) is 2.51. The lowest BCUT2D eigenvalue weighted by molar-refractivity contribution is 0.364. The molecule has 0 aliphatic heterocycles. The van der Waals surface area contributed by atoms with Crippen LogP contribution in [0, 0.1) is 18.2 Å². The molecular weight excluding hydrogens is 265 g/mol. The molecular formula is C18H18FNO. The second kappa shape index (κ2) is 7.47. The molecule has 2 rings (SSSR count). The minimum Gasteiger partial charge on any atom is -0.481 e. The summed E-state index contributed by atoms with van der Waals surface area (Å²) >= 11 is 0. The largest absolute Gasteiger partial charge is 0.481 e. The Balaban J connectivity index is 2.01. The van der Waals surface area contributed by atoms with E-state index in [2.05, 4.69) is 11.2 Å². The molecule has 1 atom stereocenters.